The summed E-state index contributed by atoms with van der Waals surface area (Å²) in [5.74, 6) is -0.0831. The summed E-state index contributed by atoms with van der Waals surface area (Å²) in [6, 6.07) is 10.2. The van der Waals surface area contributed by atoms with E-state index < -0.39 is 6.10 Å². The molecule has 114 valence electrons. The van der Waals surface area contributed by atoms with Crippen molar-refractivity contribution in [2.45, 2.75) is 25.9 Å². The normalized spacial score (nSPS) is 16.3. The van der Waals surface area contributed by atoms with Crippen LogP contribution < -0.4 is 4.74 Å². The summed E-state index contributed by atoms with van der Waals surface area (Å²) in [5, 5.41) is 32.0. The van der Waals surface area contributed by atoms with Gasteiger partial charge < -0.3 is 4.74 Å². The second-order valence-electron chi connectivity index (χ2n) is 4.78. The van der Waals surface area contributed by atoms with Gasteiger partial charge in [-0.15, -0.1) is 0 Å². The summed E-state index contributed by atoms with van der Waals surface area (Å²) < 4.78 is 5.68. The molecule has 1 aliphatic rings. The molecule has 1 heterocycles. The molecule has 0 aliphatic carbocycles. The van der Waals surface area contributed by atoms with Gasteiger partial charge in [-0.3, -0.25) is 4.79 Å². The summed E-state index contributed by atoms with van der Waals surface area (Å²) in [4.78, 5) is 12.3. The van der Waals surface area contributed by atoms with Gasteiger partial charge in [0.25, 0.3) is 5.91 Å². The standard InChI is InChI=1S/C16H13N5O2/c1-2-14-15(16(22)21(20-14)5-3-4-17)23-13-7-11(9-18)6-12(8-13)10-19/h6-8,15H,2-3,5H2,1H3. The van der Waals surface area contributed by atoms with Gasteiger partial charge in [0.1, 0.15) is 5.75 Å². The number of rotatable bonds is 5. The minimum absolute atomic E-state index is 0.182. The number of carbonyl (C=O) groups excluding carboxylic acids is 1. The van der Waals surface area contributed by atoms with Crippen LogP contribution in [-0.4, -0.2) is 29.3 Å². The van der Waals surface area contributed by atoms with E-state index in [1.165, 1.54) is 23.2 Å². The number of hydrogen-bond donors (Lipinski definition) is 0. The van der Waals surface area contributed by atoms with E-state index in [0.717, 1.165) is 0 Å². The first-order valence-corrected chi connectivity index (χ1v) is 7.00. The molecule has 1 aromatic rings. The third-order valence-electron chi connectivity index (χ3n) is 3.25. The Kier molecular flexibility index (Phi) is 4.92. The summed E-state index contributed by atoms with van der Waals surface area (Å²) in [6.45, 7) is 2.06. The van der Waals surface area contributed by atoms with Gasteiger partial charge in [-0.2, -0.15) is 20.9 Å². The van der Waals surface area contributed by atoms with E-state index in [-0.39, 0.29) is 35.7 Å². The fraction of sp³-hybridized carbons (Fsp3) is 0.312. The van der Waals surface area contributed by atoms with Crippen LogP contribution in [0.5, 0.6) is 5.75 Å². The fourth-order valence-corrected chi connectivity index (χ4v) is 2.16. The van der Waals surface area contributed by atoms with E-state index in [9.17, 15) is 4.79 Å². The third-order valence-corrected chi connectivity index (χ3v) is 3.25. The molecule has 0 bridgehead atoms. The summed E-state index contributed by atoms with van der Waals surface area (Å²) >= 11 is 0. The first-order chi connectivity index (χ1) is 11.1. The Balaban J connectivity index is 2.25. The van der Waals surface area contributed by atoms with Crippen LogP contribution in [0.1, 0.15) is 30.9 Å². The fourth-order valence-electron chi connectivity index (χ4n) is 2.16. The molecule has 1 aromatic carbocycles. The molecule has 1 atom stereocenters. The Hall–Kier alpha value is -3.37. The number of hydrogen-bond acceptors (Lipinski definition) is 6. The highest BCUT2D eigenvalue weighted by molar-refractivity contribution is 6.10. The number of ether oxygens (including phenoxy) is 1. The third kappa shape index (κ3) is 3.45. The molecule has 0 saturated heterocycles. The molecule has 7 nitrogen and oxygen atoms in total. The number of carbonyl (C=O) groups is 1. The molecule has 0 saturated carbocycles. The van der Waals surface area contributed by atoms with E-state index in [1.807, 2.05) is 25.1 Å². The summed E-state index contributed by atoms with van der Waals surface area (Å²) in [5.41, 5.74) is 1.11. The molecule has 1 aliphatic heterocycles. The van der Waals surface area contributed by atoms with Crippen LogP contribution in [0.15, 0.2) is 23.3 Å². The number of nitriles is 3. The van der Waals surface area contributed by atoms with Gasteiger partial charge in [0.15, 0.2) is 0 Å². The van der Waals surface area contributed by atoms with Gasteiger partial charge in [0, 0.05) is 0 Å². The van der Waals surface area contributed by atoms with E-state index in [2.05, 4.69) is 5.10 Å². The molecule has 2 rings (SSSR count). The lowest BCUT2D eigenvalue weighted by atomic mass is 10.1. The van der Waals surface area contributed by atoms with Crippen molar-refractivity contribution in [3.8, 4) is 24.0 Å². The molecule has 23 heavy (non-hydrogen) atoms. The Morgan fingerprint density at radius 1 is 1.22 bits per heavy atom. The van der Waals surface area contributed by atoms with Gasteiger partial charge in [0.2, 0.25) is 6.10 Å². The van der Waals surface area contributed by atoms with Crippen LogP contribution in [0.3, 0.4) is 0 Å². The smallest absolute Gasteiger partial charge is 0.289 e. The summed E-state index contributed by atoms with van der Waals surface area (Å²) in [7, 11) is 0. The Bertz CT molecular complexity index is 747. The maximum absolute atomic E-state index is 12.3. The number of benzene rings is 1. The van der Waals surface area contributed by atoms with Crippen molar-refractivity contribution in [2.24, 2.45) is 5.10 Å². The highest BCUT2D eigenvalue weighted by Gasteiger charge is 2.36. The molecular weight excluding hydrogens is 294 g/mol. The van der Waals surface area contributed by atoms with Gasteiger partial charge in [-0.05, 0) is 24.6 Å². The van der Waals surface area contributed by atoms with E-state index in [4.69, 9.17) is 20.5 Å². The van der Waals surface area contributed by atoms with Crippen LogP contribution in [0.2, 0.25) is 0 Å². The van der Waals surface area contributed by atoms with Crippen molar-refractivity contribution in [3.05, 3.63) is 29.3 Å². The highest BCUT2D eigenvalue weighted by Crippen LogP contribution is 2.22. The van der Waals surface area contributed by atoms with Crippen LogP contribution in [-0.2, 0) is 4.79 Å². The molecule has 0 fully saturated rings. The van der Waals surface area contributed by atoms with Crippen molar-refractivity contribution >= 4 is 11.6 Å². The van der Waals surface area contributed by atoms with Crippen molar-refractivity contribution in [1.82, 2.24) is 5.01 Å². The zero-order valence-corrected chi connectivity index (χ0v) is 12.5. The van der Waals surface area contributed by atoms with Crippen LogP contribution in [0.25, 0.3) is 0 Å². The number of hydrazone groups is 1. The molecule has 7 heteroatoms. The lowest BCUT2D eigenvalue weighted by molar-refractivity contribution is -0.133. The first kappa shape index (κ1) is 16.0. The maximum atomic E-state index is 12.3. The molecule has 0 aromatic heterocycles. The van der Waals surface area contributed by atoms with E-state index in [1.54, 1.807) is 0 Å². The molecule has 0 N–H and O–H groups in total. The van der Waals surface area contributed by atoms with Crippen LogP contribution >= 0.6 is 0 Å². The highest BCUT2D eigenvalue weighted by atomic mass is 16.5. The quantitative estimate of drug-likeness (QED) is 0.821. The lowest BCUT2D eigenvalue weighted by Gasteiger charge is -2.15. The molecule has 1 unspecified atom stereocenters. The maximum Gasteiger partial charge on any atom is 0.289 e. The molecule has 1 amide bonds. The average Bonchev–Trinajstić information content (AvgIpc) is 2.88. The average molecular weight is 307 g/mol. The van der Waals surface area contributed by atoms with Crippen molar-refractivity contribution in [3.63, 3.8) is 0 Å². The van der Waals surface area contributed by atoms with Gasteiger partial charge >= 0.3 is 0 Å². The second-order valence-corrected chi connectivity index (χ2v) is 4.78. The Morgan fingerprint density at radius 2 is 1.87 bits per heavy atom. The van der Waals surface area contributed by atoms with Crippen LogP contribution in [0.4, 0.5) is 0 Å². The minimum atomic E-state index is -0.890. The zero-order chi connectivity index (χ0) is 16.8. The minimum Gasteiger partial charge on any atom is -0.474 e. The zero-order valence-electron chi connectivity index (χ0n) is 12.5. The number of nitrogens with zero attached hydrogens (tertiary/aromatic N) is 5. The SMILES string of the molecule is CCC1=NN(CCC#N)C(=O)C1Oc1cc(C#N)cc(C#N)c1. The summed E-state index contributed by atoms with van der Waals surface area (Å²) in [6.07, 6.45) is -0.191. The largest absolute Gasteiger partial charge is 0.474 e. The second kappa shape index (κ2) is 7.06. The van der Waals surface area contributed by atoms with Gasteiger partial charge in [0.05, 0.1) is 48.0 Å². The van der Waals surface area contributed by atoms with E-state index in [0.29, 0.717) is 12.1 Å². The first-order valence-electron chi connectivity index (χ1n) is 7.00. The number of amides is 1. The van der Waals surface area contributed by atoms with Crippen molar-refractivity contribution in [2.75, 3.05) is 6.54 Å². The van der Waals surface area contributed by atoms with Gasteiger partial charge in [-0.1, -0.05) is 6.92 Å². The molecule has 0 radical (unpaired) electrons. The molecule has 0 spiro atoms. The van der Waals surface area contributed by atoms with Crippen molar-refractivity contribution in [1.29, 1.82) is 15.8 Å². The van der Waals surface area contributed by atoms with Crippen molar-refractivity contribution < 1.29 is 9.53 Å². The lowest BCUT2D eigenvalue weighted by Crippen LogP contribution is -2.36. The predicted molar refractivity (Wildman–Crippen MR) is 80.0 cm³/mol. The van der Waals surface area contributed by atoms with Gasteiger partial charge in [-0.25, -0.2) is 5.01 Å². The Labute approximate surface area is 133 Å². The topological polar surface area (TPSA) is 113 Å². The molecular formula is C16H13N5O2. The monoisotopic (exact) mass is 307 g/mol. The Morgan fingerprint density at radius 3 is 2.39 bits per heavy atom. The predicted octanol–water partition coefficient (Wildman–Crippen LogP) is 1.70. The van der Waals surface area contributed by atoms with Crippen LogP contribution in [0, 0.1) is 34.0 Å². The van der Waals surface area contributed by atoms with E-state index >= 15 is 0 Å².